The van der Waals surface area contributed by atoms with Crippen molar-refractivity contribution in [2.24, 2.45) is 5.92 Å². The zero-order chi connectivity index (χ0) is 16.2. The molecule has 6 nitrogen and oxygen atoms in total. The number of nitrogens with one attached hydrogen (secondary N) is 1. The second-order valence-corrected chi connectivity index (χ2v) is 6.25. The van der Waals surface area contributed by atoms with E-state index in [1.54, 1.807) is 11.2 Å². The third kappa shape index (κ3) is 3.75. The minimum Gasteiger partial charge on any atom is -0.481 e. The molecule has 0 spiro atoms. The molecular weight excluding hydrogens is 296 g/mol. The molecular formula is C17H22N2O4. The summed E-state index contributed by atoms with van der Waals surface area (Å²) in [5.74, 6) is -0.171. The van der Waals surface area contributed by atoms with Gasteiger partial charge in [0.05, 0.1) is 18.7 Å². The van der Waals surface area contributed by atoms with E-state index in [1.165, 1.54) is 0 Å². The molecule has 1 aliphatic heterocycles. The van der Waals surface area contributed by atoms with Crippen molar-refractivity contribution in [3.63, 3.8) is 0 Å². The maximum atomic E-state index is 12.4. The number of hydrogen-bond donors (Lipinski definition) is 2. The lowest BCUT2D eigenvalue weighted by Gasteiger charge is -2.31. The Balaban J connectivity index is 1.51. The zero-order valence-electron chi connectivity index (χ0n) is 13.0. The third-order valence-electron chi connectivity index (χ3n) is 4.68. The largest absolute Gasteiger partial charge is 0.481 e. The number of amides is 2. The fourth-order valence-corrected chi connectivity index (χ4v) is 3.31. The Bertz CT molecular complexity index is 586. The molecule has 0 bridgehead atoms. The Morgan fingerprint density at radius 3 is 2.70 bits per heavy atom. The van der Waals surface area contributed by atoms with Crippen LogP contribution in [0.4, 0.5) is 4.79 Å². The first-order valence-corrected chi connectivity index (χ1v) is 8.14. The molecule has 1 aromatic rings. The first-order chi connectivity index (χ1) is 11.1. The molecule has 0 atom stereocenters. The number of carboxylic acids is 1. The highest BCUT2D eigenvalue weighted by Crippen LogP contribution is 2.25. The van der Waals surface area contributed by atoms with Gasteiger partial charge in [-0.3, -0.25) is 4.79 Å². The summed E-state index contributed by atoms with van der Waals surface area (Å²) < 4.78 is 5.40. The van der Waals surface area contributed by atoms with Crippen molar-refractivity contribution < 1.29 is 19.1 Å². The fourth-order valence-electron chi connectivity index (χ4n) is 3.31. The first kappa shape index (κ1) is 15.6. The lowest BCUT2D eigenvalue weighted by Crippen LogP contribution is -2.47. The Morgan fingerprint density at radius 2 is 2.04 bits per heavy atom. The molecule has 2 amide bonds. The van der Waals surface area contributed by atoms with E-state index in [0.29, 0.717) is 25.9 Å². The van der Waals surface area contributed by atoms with Gasteiger partial charge in [0.25, 0.3) is 0 Å². The van der Waals surface area contributed by atoms with Crippen molar-refractivity contribution in [2.45, 2.75) is 38.1 Å². The van der Waals surface area contributed by atoms with Gasteiger partial charge in [-0.1, -0.05) is 6.08 Å². The summed E-state index contributed by atoms with van der Waals surface area (Å²) in [6.07, 6.45) is 7.30. The molecule has 0 saturated heterocycles. The molecule has 0 aromatic carbocycles. The van der Waals surface area contributed by atoms with Crippen molar-refractivity contribution in [3.05, 3.63) is 30.2 Å². The summed E-state index contributed by atoms with van der Waals surface area (Å²) >= 11 is 0. The van der Waals surface area contributed by atoms with Gasteiger partial charge in [0, 0.05) is 18.2 Å². The normalized spacial score (nSPS) is 24.9. The van der Waals surface area contributed by atoms with Crippen LogP contribution in [0.1, 0.15) is 37.9 Å². The van der Waals surface area contributed by atoms with Gasteiger partial charge in [-0.2, -0.15) is 0 Å². The third-order valence-corrected chi connectivity index (χ3v) is 4.68. The summed E-state index contributed by atoms with van der Waals surface area (Å²) in [4.78, 5) is 25.2. The van der Waals surface area contributed by atoms with Gasteiger partial charge in [0.1, 0.15) is 5.76 Å². The molecule has 1 aromatic heterocycles. The minimum atomic E-state index is -0.723. The Labute approximate surface area is 135 Å². The molecule has 1 fully saturated rings. The van der Waals surface area contributed by atoms with Gasteiger partial charge >= 0.3 is 12.0 Å². The molecule has 1 saturated carbocycles. The number of nitrogens with zero attached hydrogens (tertiary/aromatic N) is 1. The lowest BCUT2D eigenvalue weighted by atomic mass is 9.86. The molecule has 23 heavy (non-hydrogen) atoms. The summed E-state index contributed by atoms with van der Waals surface area (Å²) in [6.45, 7) is 1.24. The highest BCUT2D eigenvalue weighted by Gasteiger charge is 2.28. The SMILES string of the molecule is O=C(O)C1CCC(NC(=O)N2CCC=C(c3ccco3)C2)CC1. The van der Waals surface area contributed by atoms with Gasteiger partial charge in [-0.05, 0) is 44.2 Å². The standard InChI is InChI=1S/C17H22N2O4/c20-16(21)12-5-7-14(8-6-12)18-17(22)19-9-1-3-13(11-19)15-4-2-10-23-15/h2-4,10,12,14H,1,5-9,11H2,(H,18,22)(H,20,21). The number of urea groups is 1. The van der Waals surface area contributed by atoms with Crippen LogP contribution in [0.5, 0.6) is 0 Å². The van der Waals surface area contributed by atoms with E-state index in [2.05, 4.69) is 11.4 Å². The summed E-state index contributed by atoms with van der Waals surface area (Å²) in [5.41, 5.74) is 1.03. The highest BCUT2D eigenvalue weighted by atomic mass is 16.4. The van der Waals surface area contributed by atoms with Gasteiger partial charge in [0.2, 0.25) is 0 Å². The number of rotatable bonds is 3. The van der Waals surface area contributed by atoms with E-state index >= 15 is 0 Å². The zero-order valence-corrected chi connectivity index (χ0v) is 13.0. The maximum Gasteiger partial charge on any atom is 0.317 e. The van der Waals surface area contributed by atoms with Crippen molar-refractivity contribution in [1.82, 2.24) is 10.2 Å². The quantitative estimate of drug-likeness (QED) is 0.897. The predicted molar refractivity (Wildman–Crippen MR) is 84.8 cm³/mol. The van der Waals surface area contributed by atoms with E-state index in [9.17, 15) is 9.59 Å². The van der Waals surface area contributed by atoms with Crippen molar-refractivity contribution >= 4 is 17.6 Å². The Morgan fingerprint density at radius 1 is 1.26 bits per heavy atom. The van der Waals surface area contributed by atoms with Crippen molar-refractivity contribution in [3.8, 4) is 0 Å². The highest BCUT2D eigenvalue weighted by molar-refractivity contribution is 5.78. The second-order valence-electron chi connectivity index (χ2n) is 6.25. The molecule has 124 valence electrons. The topological polar surface area (TPSA) is 82.8 Å². The van der Waals surface area contributed by atoms with E-state index in [1.807, 2.05) is 12.1 Å². The van der Waals surface area contributed by atoms with Gasteiger partial charge in [-0.15, -0.1) is 0 Å². The number of hydrogen-bond acceptors (Lipinski definition) is 3. The van der Waals surface area contributed by atoms with Gasteiger partial charge in [-0.25, -0.2) is 4.79 Å². The number of carbonyl (C=O) groups excluding carboxylic acids is 1. The number of aliphatic carboxylic acids is 1. The Hall–Kier alpha value is -2.24. The molecule has 2 N–H and O–H groups in total. The fraction of sp³-hybridized carbons (Fsp3) is 0.529. The Kier molecular flexibility index (Phi) is 4.69. The molecule has 0 radical (unpaired) electrons. The van der Waals surface area contributed by atoms with E-state index in [4.69, 9.17) is 9.52 Å². The molecule has 0 unspecified atom stereocenters. The van der Waals surface area contributed by atoms with E-state index < -0.39 is 5.97 Å². The first-order valence-electron chi connectivity index (χ1n) is 8.14. The van der Waals surface area contributed by atoms with Crippen LogP contribution in [0.2, 0.25) is 0 Å². The van der Waals surface area contributed by atoms with E-state index in [-0.39, 0.29) is 18.0 Å². The smallest absolute Gasteiger partial charge is 0.317 e. The van der Waals surface area contributed by atoms with Gasteiger partial charge < -0.3 is 19.7 Å². The number of carbonyl (C=O) groups is 2. The monoisotopic (exact) mass is 318 g/mol. The summed E-state index contributed by atoms with van der Waals surface area (Å²) in [6, 6.07) is 3.76. The summed E-state index contributed by atoms with van der Waals surface area (Å²) in [5, 5.41) is 12.1. The van der Waals surface area contributed by atoms with Crippen molar-refractivity contribution in [1.29, 1.82) is 0 Å². The van der Waals surface area contributed by atoms with Crippen LogP contribution < -0.4 is 5.32 Å². The molecule has 1 aliphatic carbocycles. The van der Waals surface area contributed by atoms with Gasteiger partial charge in [0.15, 0.2) is 0 Å². The van der Waals surface area contributed by atoms with Crippen LogP contribution in [0.15, 0.2) is 28.9 Å². The lowest BCUT2D eigenvalue weighted by molar-refractivity contribution is -0.142. The number of carboxylic acid groups (broad SMARTS) is 1. The number of furan rings is 1. The van der Waals surface area contributed by atoms with Crippen LogP contribution in [0.25, 0.3) is 5.57 Å². The second kappa shape index (κ2) is 6.89. The predicted octanol–water partition coefficient (Wildman–Crippen LogP) is 2.72. The van der Waals surface area contributed by atoms with Crippen LogP contribution in [-0.4, -0.2) is 41.1 Å². The minimum absolute atomic E-state index is 0.0686. The maximum absolute atomic E-state index is 12.4. The van der Waals surface area contributed by atoms with Crippen LogP contribution in [0, 0.1) is 5.92 Å². The molecule has 2 heterocycles. The summed E-state index contributed by atoms with van der Waals surface area (Å²) in [7, 11) is 0. The van der Waals surface area contributed by atoms with Crippen molar-refractivity contribution in [2.75, 3.05) is 13.1 Å². The van der Waals surface area contributed by atoms with Crippen LogP contribution >= 0.6 is 0 Å². The molecule has 6 heteroatoms. The average Bonchev–Trinajstić information content (AvgIpc) is 3.10. The van der Waals surface area contributed by atoms with E-state index in [0.717, 1.165) is 30.6 Å². The van der Waals surface area contributed by atoms with Crippen LogP contribution in [-0.2, 0) is 4.79 Å². The molecule has 2 aliphatic rings. The average molecular weight is 318 g/mol. The molecule has 3 rings (SSSR count). The van der Waals surface area contributed by atoms with Crippen LogP contribution in [0.3, 0.4) is 0 Å².